The van der Waals surface area contributed by atoms with Crippen LogP contribution in [-0.4, -0.2) is 24.7 Å². The number of benzene rings is 1. The fourth-order valence-electron chi connectivity index (χ4n) is 2.25. The molecule has 0 bridgehead atoms. The van der Waals surface area contributed by atoms with Crippen LogP contribution in [0.1, 0.15) is 24.0 Å². The largest absolute Gasteiger partial charge is 0.497 e. The molecule has 2 N–H and O–H groups in total. The van der Waals surface area contributed by atoms with Crippen molar-refractivity contribution in [2.24, 2.45) is 5.73 Å². The number of hydrogen-bond donors (Lipinski definition) is 1. The molecule has 2 heterocycles. The summed E-state index contributed by atoms with van der Waals surface area (Å²) in [6.45, 7) is 0.592. The van der Waals surface area contributed by atoms with Crippen molar-refractivity contribution >= 4 is 21.6 Å². The molecule has 0 amide bonds. The van der Waals surface area contributed by atoms with Crippen molar-refractivity contribution in [3.05, 3.63) is 23.2 Å². The number of fused-ring (bicyclic) bond motifs is 1. The highest BCUT2D eigenvalue weighted by Gasteiger charge is 2.27. The Bertz CT molecular complexity index is 555. The molecule has 4 nitrogen and oxygen atoms in total. The van der Waals surface area contributed by atoms with Gasteiger partial charge in [-0.15, -0.1) is 11.3 Å². The minimum absolute atomic E-state index is 0.113. The molecule has 2 aromatic rings. The zero-order valence-electron chi connectivity index (χ0n) is 10.3. The van der Waals surface area contributed by atoms with E-state index in [4.69, 9.17) is 15.2 Å². The Morgan fingerprint density at radius 1 is 1.50 bits per heavy atom. The van der Waals surface area contributed by atoms with Gasteiger partial charge in [0, 0.05) is 6.54 Å². The van der Waals surface area contributed by atoms with Gasteiger partial charge in [-0.1, -0.05) is 0 Å². The third-order valence-corrected chi connectivity index (χ3v) is 4.37. The van der Waals surface area contributed by atoms with Crippen LogP contribution in [-0.2, 0) is 4.74 Å². The highest BCUT2D eigenvalue weighted by Crippen LogP contribution is 2.37. The molecule has 96 valence electrons. The average Bonchev–Trinajstić information content (AvgIpc) is 3.03. The highest BCUT2D eigenvalue weighted by atomic mass is 32.1. The topological polar surface area (TPSA) is 57.4 Å². The summed E-state index contributed by atoms with van der Waals surface area (Å²) in [4.78, 5) is 4.64. The standard InChI is InChI=1S/C13H16N2O2S/c1-16-8-2-4-10-12(6-8)18-13(15-10)11-5-3-9(7-14)17-11/h2,4,6,9,11H,3,5,7,14H2,1H3. The van der Waals surface area contributed by atoms with E-state index >= 15 is 0 Å². The second kappa shape index (κ2) is 4.84. The lowest BCUT2D eigenvalue weighted by molar-refractivity contribution is 0.0498. The second-order valence-corrected chi connectivity index (χ2v) is 5.51. The Labute approximate surface area is 110 Å². The molecule has 0 spiro atoms. The van der Waals surface area contributed by atoms with Crippen LogP contribution in [0, 0.1) is 0 Å². The summed E-state index contributed by atoms with van der Waals surface area (Å²) in [5, 5.41) is 1.05. The SMILES string of the molecule is COc1ccc2nc(C3CCC(CN)O3)sc2c1. The van der Waals surface area contributed by atoms with Crippen LogP contribution in [0.4, 0.5) is 0 Å². The zero-order chi connectivity index (χ0) is 12.5. The molecule has 3 rings (SSSR count). The molecule has 1 aromatic heterocycles. The molecule has 2 atom stereocenters. The first-order chi connectivity index (χ1) is 8.80. The maximum atomic E-state index is 5.87. The van der Waals surface area contributed by atoms with Crippen molar-refractivity contribution in [1.29, 1.82) is 0 Å². The molecule has 2 unspecified atom stereocenters. The summed E-state index contributed by atoms with van der Waals surface area (Å²) in [5.41, 5.74) is 6.64. The Hall–Kier alpha value is -1.17. The highest BCUT2D eigenvalue weighted by molar-refractivity contribution is 7.18. The minimum Gasteiger partial charge on any atom is -0.497 e. The second-order valence-electron chi connectivity index (χ2n) is 4.45. The molecule has 0 saturated carbocycles. The van der Waals surface area contributed by atoms with Crippen LogP contribution in [0.15, 0.2) is 18.2 Å². The predicted octanol–water partition coefficient (Wildman–Crippen LogP) is 2.48. The first-order valence-electron chi connectivity index (χ1n) is 6.10. The van der Waals surface area contributed by atoms with Crippen LogP contribution < -0.4 is 10.5 Å². The van der Waals surface area contributed by atoms with E-state index in [9.17, 15) is 0 Å². The predicted molar refractivity (Wildman–Crippen MR) is 72.1 cm³/mol. The summed E-state index contributed by atoms with van der Waals surface area (Å²) in [7, 11) is 1.68. The van der Waals surface area contributed by atoms with E-state index in [1.165, 1.54) is 0 Å². The van der Waals surface area contributed by atoms with E-state index in [0.717, 1.165) is 33.8 Å². The summed E-state index contributed by atoms with van der Waals surface area (Å²) in [6, 6.07) is 5.94. The van der Waals surface area contributed by atoms with Crippen molar-refractivity contribution in [3.8, 4) is 5.75 Å². The molecular weight excluding hydrogens is 248 g/mol. The van der Waals surface area contributed by atoms with E-state index in [0.29, 0.717) is 6.54 Å². The zero-order valence-corrected chi connectivity index (χ0v) is 11.1. The van der Waals surface area contributed by atoms with Crippen molar-refractivity contribution in [1.82, 2.24) is 4.98 Å². The lowest BCUT2D eigenvalue weighted by Crippen LogP contribution is -2.18. The minimum atomic E-state index is 0.113. The number of nitrogens with zero attached hydrogens (tertiary/aromatic N) is 1. The smallest absolute Gasteiger partial charge is 0.123 e. The van der Waals surface area contributed by atoms with Gasteiger partial charge in [0.05, 0.1) is 23.4 Å². The van der Waals surface area contributed by atoms with Gasteiger partial charge in [0.25, 0.3) is 0 Å². The average molecular weight is 264 g/mol. The monoisotopic (exact) mass is 264 g/mol. The lowest BCUT2D eigenvalue weighted by atomic mass is 10.2. The van der Waals surface area contributed by atoms with E-state index in [-0.39, 0.29) is 12.2 Å². The normalized spacial score (nSPS) is 23.7. The van der Waals surface area contributed by atoms with Gasteiger partial charge in [0.2, 0.25) is 0 Å². The third-order valence-electron chi connectivity index (χ3n) is 3.26. The molecule has 1 aliphatic heterocycles. The number of hydrogen-bond acceptors (Lipinski definition) is 5. The van der Waals surface area contributed by atoms with Crippen molar-refractivity contribution in [2.75, 3.05) is 13.7 Å². The summed E-state index contributed by atoms with van der Waals surface area (Å²) in [5.74, 6) is 0.866. The molecule has 5 heteroatoms. The van der Waals surface area contributed by atoms with Gasteiger partial charge in [0.15, 0.2) is 0 Å². The fraction of sp³-hybridized carbons (Fsp3) is 0.462. The van der Waals surface area contributed by atoms with Gasteiger partial charge in [-0.25, -0.2) is 4.98 Å². The molecule has 1 aromatic carbocycles. The molecular formula is C13H16N2O2S. The van der Waals surface area contributed by atoms with E-state index in [1.54, 1.807) is 18.4 Å². The van der Waals surface area contributed by atoms with Crippen LogP contribution in [0.2, 0.25) is 0 Å². The first-order valence-corrected chi connectivity index (χ1v) is 6.92. The molecule has 1 saturated heterocycles. The summed E-state index contributed by atoms with van der Waals surface area (Å²) in [6.07, 6.45) is 2.35. The van der Waals surface area contributed by atoms with Gasteiger partial charge in [-0.2, -0.15) is 0 Å². The summed E-state index contributed by atoms with van der Waals surface area (Å²) >= 11 is 1.68. The van der Waals surface area contributed by atoms with Gasteiger partial charge in [0.1, 0.15) is 16.9 Å². The van der Waals surface area contributed by atoms with Crippen LogP contribution in [0.25, 0.3) is 10.2 Å². The Morgan fingerprint density at radius 3 is 3.11 bits per heavy atom. The molecule has 1 fully saturated rings. The maximum absolute atomic E-state index is 5.87. The van der Waals surface area contributed by atoms with Crippen LogP contribution in [0.5, 0.6) is 5.75 Å². The number of nitrogens with two attached hydrogens (primary N) is 1. The fourth-order valence-corrected chi connectivity index (χ4v) is 3.32. The number of aromatic nitrogens is 1. The Kier molecular flexibility index (Phi) is 3.20. The first kappa shape index (κ1) is 11.9. The molecule has 0 radical (unpaired) electrons. The van der Waals surface area contributed by atoms with Crippen LogP contribution >= 0.6 is 11.3 Å². The maximum Gasteiger partial charge on any atom is 0.123 e. The number of thiazole rings is 1. The van der Waals surface area contributed by atoms with Gasteiger partial charge in [-0.3, -0.25) is 0 Å². The number of ether oxygens (including phenoxy) is 2. The van der Waals surface area contributed by atoms with Gasteiger partial charge >= 0.3 is 0 Å². The lowest BCUT2D eigenvalue weighted by Gasteiger charge is -2.08. The van der Waals surface area contributed by atoms with E-state index < -0.39 is 0 Å². The quantitative estimate of drug-likeness (QED) is 0.925. The van der Waals surface area contributed by atoms with Crippen molar-refractivity contribution < 1.29 is 9.47 Å². The molecule has 0 aliphatic carbocycles. The van der Waals surface area contributed by atoms with E-state index in [1.807, 2.05) is 18.2 Å². The number of methoxy groups -OCH3 is 1. The van der Waals surface area contributed by atoms with Crippen molar-refractivity contribution in [2.45, 2.75) is 25.0 Å². The van der Waals surface area contributed by atoms with Gasteiger partial charge < -0.3 is 15.2 Å². The Morgan fingerprint density at radius 2 is 2.39 bits per heavy atom. The van der Waals surface area contributed by atoms with Crippen molar-refractivity contribution in [3.63, 3.8) is 0 Å². The summed E-state index contributed by atoms with van der Waals surface area (Å²) < 4.78 is 12.2. The van der Waals surface area contributed by atoms with E-state index in [2.05, 4.69) is 4.98 Å². The Balaban J connectivity index is 1.89. The van der Waals surface area contributed by atoms with Gasteiger partial charge in [-0.05, 0) is 31.0 Å². The molecule has 18 heavy (non-hydrogen) atoms. The molecule has 1 aliphatic rings. The third kappa shape index (κ3) is 2.09. The van der Waals surface area contributed by atoms with Crippen LogP contribution in [0.3, 0.4) is 0 Å². The number of rotatable bonds is 3.